The second kappa shape index (κ2) is 9.50. The van der Waals surface area contributed by atoms with Gasteiger partial charge >= 0.3 is 0 Å². The molecule has 0 amide bonds. The SMILES string of the molecule is Cc1cc(C)c([C@@H]2[C@H]3CCCC=C3C(C#N)=C(N)C2(C#N)C#N)c(C)c1COc1ccc(Cl)cc1. The van der Waals surface area contributed by atoms with E-state index < -0.39 is 11.3 Å². The van der Waals surface area contributed by atoms with E-state index in [1.807, 2.05) is 32.9 Å². The molecule has 0 spiro atoms. The van der Waals surface area contributed by atoms with Crippen molar-refractivity contribution in [2.75, 3.05) is 0 Å². The summed E-state index contributed by atoms with van der Waals surface area (Å²) in [6.45, 7) is 6.43. The second-order valence-electron chi connectivity index (χ2n) is 9.38. The van der Waals surface area contributed by atoms with E-state index in [1.165, 1.54) is 0 Å². The quantitative estimate of drug-likeness (QED) is 0.539. The first-order valence-corrected chi connectivity index (χ1v) is 12.1. The largest absolute Gasteiger partial charge is 0.489 e. The van der Waals surface area contributed by atoms with Crippen LogP contribution in [0.15, 0.2) is 53.3 Å². The summed E-state index contributed by atoms with van der Waals surface area (Å²) in [7, 11) is 0. The number of fused-ring (bicyclic) bond motifs is 1. The van der Waals surface area contributed by atoms with E-state index >= 15 is 0 Å². The Kier molecular flexibility index (Phi) is 6.62. The van der Waals surface area contributed by atoms with E-state index in [2.05, 4.69) is 30.4 Å². The fourth-order valence-corrected chi connectivity index (χ4v) is 5.94. The van der Waals surface area contributed by atoms with Gasteiger partial charge in [-0.3, -0.25) is 0 Å². The number of hydrogen-bond acceptors (Lipinski definition) is 5. The van der Waals surface area contributed by atoms with Crippen molar-refractivity contribution in [2.45, 2.75) is 52.6 Å². The van der Waals surface area contributed by atoms with Gasteiger partial charge in [0.05, 0.1) is 23.4 Å². The van der Waals surface area contributed by atoms with Gasteiger partial charge in [-0.25, -0.2) is 0 Å². The van der Waals surface area contributed by atoms with Gasteiger partial charge < -0.3 is 10.5 Å². The number of benzene rings is 2. The van der Waals surface area contributed by atoms with Crippen LogP contribution in [-0.4, -0.2) is 0 Å². The molecule has 6 heteroatoms. The van der Waals surface area contributed by atoms with Crippen molar-refractivity contribution >= 4 is 11.6 Å². The lowest BCUT2D eigenvalue weighted by molar-refractivity contribution is 0.300. The van der Waals surface area contributed by atoms with Crippen molar-refractivity contribution in [3.8, 4) is 24.0 Å². The molecular formula is C29H27ClN4O. The number of aryl methyl sites for hydroxylation is 2. The molecule has 2 aliphatic carbocycles. The molecule has 0 aliphatic heterocycles. The van der Waals surface area contributed by atoms with Gasteiger partial charge in [0.25, 0.3) is 0 Å². The van der Waals surface area contributed by atoms with Gasteiger partial charge in [-0.2, -0.15) is 15.8 Å². The standard InChI is InChI=1S/C29H27ClN4O/c1-17-12-18(2)26(19(3)25(17)14-35-21-10-8-20(30)9-11-21)27-23-7-5-4-6-22(23)24(13-31)28(34)29(27,15-32)16-33/h6,8-12,23,27H,4-5,7,14,34H2,1-3H3/t23-,27-/m0/s1. The molecular weight excluding hydrogens is 456 g/mol. The Labute approximate surface area is 211 Å². The van der Waals surface area contributed by atoms with Gasteiger partial charge in [0, 0.05) is 10.9 Å². The zero-order chi connectivity index (χ0) is 25.3. The van der Waals surface area contributed by atoms with Crippen LogP contribution in [0.2, 0.25) is 5.02 Å². The molecule has 0 saturated heterocycles. The highest BCUT2D eigenvalue weighted by Crippen LogP contribution is 2.57. The molecule has 2 aliphatic rings. The van der Waals surface area contributed by atoms with E-state index in [0.717, 1.165) is 52.7 Å². The van der Waals surface area contributed by atoms with Crippen LogP contribution in [0.4, 0.5) is 0 Å². The van der Waals surface area contributed by atoms with E-state index in [9.17, 15) is 15.8 Å². The highest BCUT2D eigenvalue weighted by atomic mass is 35.5. The van der Waals surface area contributed by atoms with Crippen LogP contribution >= 0.6 is 11.6 Å². The molecule has 0 unspecified atom stereocenters. The van der Waals surface area contributed by atoms with Crippen molar-refractivity contribution in [2.24, 2.45) is 17.1 Å². The molecule has 2 N–H and O–H groups in total. The summed E-state index contributed by atoms with van der Waals surface area (Å²) in [5.41, 5.74) is 11.1. The van der Waals surface area contributed by atoms with Crippen LogP contribution in [-0.2, 0) is 6.61 Å². The number of nitrogens with zero attached hydrogens (tertiary/aromatic N) is 3. The minimum Gasteiger partial charge on any atom is -0.489 e. The normalized spacial score (nSPS) is 20.7. The summed E-state index contributed by atoms with van der Waals surface area (Å²) in [6.07, 6.45) is 4.65. The summed E-state index contributed by atoms with van der Waals surface area (Å²) in [6, 6.07) is 16.0. The molecule has 176 valence electrons. The van der Waals surface area contributed by atoms with Gasteiger partial charge in [-0.1, -0.05) is 23.7 Å². The maximum Gasteiger partial charge on any atom is 0.191 e. The zero-order valence-corrected chi connectivity index (χ0v) is 20.9. The van der Waals surface area contributed by atoms with Crippen molar-refractivity contribution in [3.63, 3.8) is 0 Å². The van der Waals surface area contributed by atoms with Crippen LogP contribution in [0.5, 0.6) is 5.75 Å². The van der Waals surface area contributed by atoms with Gasteiger partial charge in [-0.05, 0) is 104 Å². The number of hydrogen-bond donors (Lipinski definition) is 1. The molecule has 0 radical (unpaired) electrons. The first kappa shape index (κ1) is 24.4. The van der Waals surface area contributed by atoms with E-state index in [1.54, 1.807) is 12.1 Å². The molecule has 0 aromatic heterocycles. The molecule has 5 nitrogen and oxygen atoms in total. The summed E-state index contributed by atoms with van der Waals surface area (Å²) in [5.74, 6) is 0.103. The maximum absolute atomic E-state index is 10.4. The monoisotopic (exact) mass is 482 g/mol. The summed E-state index contributed by atoms with van der Waals surface area (Å²) in [4.78, 5) is 0. The smallest absolute Gasteiger partial charge is 0.191 e. The molecule has 2 aromatic rings. The zero-order valence-electron chi connectivity index (χ0n) is 20.2. The molecule has 0 heterocycles. The predicted octanol–water partition coefficient (Wildman–Crippen LogP) is 6.44. The van der Waals surface area contributed by atoms with Gasteiger partial charge in [0.2, 0.25) is 0 Å². The van der Waals surface area contributed by atoms with Crippen molar-refractivity contribution in [3.05, 3.63) is 86.1 Å². The van der Waals surface area contributed by atoms with E-state index in [0.29, 0.717) is 23.0 Å². The molecule has 0 bridgehead atoms. The Morgan fingerprint density at radius 2 is 1.77 bits per heavy atom. The fraction of sp³-hybridized carbons (Fsp3) is 0.345. The number of halogens is 1. The lowest BCUT2D eigenvalue weighted by Gasteiger charge is -2.44. The third-order valence-electron chi connectivity index (χ3n) is 7.50. The second-order valence-corrected chi connectivity index (χ2v) is 9.81. The van der Waals surface area contributed by atoms with Gasteiger partial charge in [0.1, 0.15) is 18.4 Å². The molecule has 4 rings (SSSR count). The third-order valence-corrected chi connectivity index (χ3v) is 7.75. The van der Waals surface area contributed by atoms with Crippen molar-refractivity contribution in [1.29, 1.82) is 15.8 Å². The Bertz CT molecular complexity index is 1350. The van der Waals surface area contributed by atoms with Gasteiger partial charge in [0.15, 0.2) is 5.41 Å². The minimum atomic E-state index is -1.62. The predicted molar refractivity (Wildman–Crippen MR) is 135 cm³/mol. The van der Waals surface area contributed by atoms with E-state index in [-0.39, 0.29) is 11.6 Å². The number of nitrogens with two attached hydrogens (primary N) is 1. The first-order valence-electron chi connectivity index (χ1n) is 11.7. The van der Waals surface area contributed by atoms with E-state index in [4.69, 9.17) is 22.1 Å². The average Bonchev–Trinajstić information content (AvgIpc) is 2.85. The summed E-state index contributed by atoms with van der Waals surface area (Å²) >= 11 is 6.00. The molecule has 35 heavy (non-hydrogen) atoms. The van der Waals surface area contributed by atoms with Gasteiger partial charge in [-0.15, -0.1) is 0 Å². The fourth-order valence-electron chi connectivity index (χ4n) is 5.82. The Balaban J connectivity index is 1.89. The summed E-state index contributed by atoms with van der Waals surface area (Å²) < 4.78 is 6.08. The van der Waals surface area contributed by atoms with Crippen LogP contribution < -0.4 is 10.5 Å². The lowest BCUT2D eigenvalue weighted by atomic mass is 9.55. The molecule has 0 fully saturated rings. The molecule has 2 aromatic carbocycles. The number of ether oxygens (including phenoxy) is 1. The van der Waals surface area contributed by atoms with Crippen molar-refractivity contribution < 1.29 is 4.74 Å². The number of nitriles is 3. The summed E-state index contributed by atoms with van der Waals surface area (Å²) in [5, 5.41) is 31.3. The lowest BCUT2D eigenvalue weighted by Crippen LogP contribution is -2.43. The number of rotatable bonds is 4. The number of allylic oxidation sites excluding steroid dienone is 4. The third kappa shape index (κ3) is 3.95. The van der Waals surface area contributed by atoms with Crippen molar-refractivity contribution in [1.82, 2.24) is 0 Å². The van der Waals surface area contributed by atoms with Crippen LogP contribution in [0.3, 0.4) is 0 Å². The molecule has 0 saturated carbocycles. The van der Waals surface area contributed by atoms with Crippen LogP contribution in [0.25, 0.3) is 0 Å². The highest BCUT2D eigenvalue weighted by molar-refractivity contribution is 6.30. The Morgan fingerprint density at radius 1 is 1.09 bits per heavy atom. The molecule has 2 atom stereocenters. The Hall–Kier alpha value is -3.72. The highest BCUT2D eigenvalue weighted by Gasteiger charge is 2.54. The first-order chi connectivity index (χ1) is 16.8. The Morgan fingerprint density at radius 3 is 2.40 bits per heavy atom. The maximum atomic E-state index is 10.4. The minimum absolute atomic E-state index is 0.0674. The van der Waals surface area contributed by atoms with Crippen LogP contribution in [0.1, 0.15) is 53.0 Å². The topological polar surface area (TPSA) is 107 Å². The van der Waals surface area contributed by atoms with Crippen LogP contribution in [0, 0.1) is 66.1 Å². The average molecular weight is 483 g/mol.